The van der Waals surface area contributed by atoms with Crippen LogP contribution in [0.5, 0.6) is 0 Å². The zero-order valence-electron chi connectivity index (χ0n) is 18.3. The number of hydrogen-bond donors (Lipinski definition) is 0. The average Bonchev–Trinajstić information content (AvgIpc) is 3.18. The standard InChI is InChI=1S/C13H9.C10H15.C3H6.2ClH.Zr/c1-3-7-12-10(5-1)9-11-6-2-4-8-13(11)12;1-8-6-5-7-9(8)10(2,3)4;1-3-2;;;/h1-5,7-8H,9H2;7H,5H2,1-4H3;1-2H3;2*1H;/q2*-1;;;;+2/p-2. The molecule has 4 rings (SSSR count). The number of halogens is 2. The number of rotatable bonds is 0. The maximum atomic E-state index is 3.30. The molecular formula is C26H30Cl2Zr-2. The molecule has 0 amide bonds. The number of benzene rings is 2. The van der Waals surface area contributed by atoms with E-state index in [-0.39, 0.29) is 24.8 Å². The Bertz CT molecular complexity index is 823. The zero-order chi connectivity index (χ0) is 20.0. The number of fused-ring (bicyclic) bond motifs is 3. The molecule has 0 unspecified atom stereocenters. The van der Waals surface area contributed by atoms with E-state index in [0.29, 0.717) is 5.41 Å². The van der Waals surface area contributed by atoms with Crippen molar-refractivity contribution >= 4 is 3.21 Å². The molecule has 2 aliphatic rings. The van der Waals surface area contributed by atoms with Gasteiger partial charge in [0.15, 0.2) is 0 Å². The summed E-state index contributed by atoms with van der Waals surface area (Å²) in [6, 6.07) is 18.1. The summed E-state index contributed by atoms with van der Waals surface area (Å²) in [5, 5.41) is 0. The third-order valence-corrected chi connectivity index (χ3v) is 4.50. The predicted octanol–water partition coefficient (Wildman–Crippen LogP) is 0.923. The van der Waals surface area contributed by atoms with Crippen molar-refractivity contribution in [1.82, 2.24) is 0 Å². The fraction of sp³-hybridized carbons (Fsp3) is 0.346. The molecule has 0 heterocycles. The van der Waals surface area contributed by atoms with Crippen LogP contribution in [-0.2, 0) is 30.7 Å². The van der Waals surface area contributed by atoms with Crippen molar-refractivity contribution in [1.29, 1.82) is 0 Å². The van der Waals surface area contributed by atoms with E-state index >= 15 is 0 Å². The van der Waals surface area contributed by atoms with Gasteiger partial charge in [0.2, 0.25) is 0 Å². The van der Waals surface area contributed by atoms with E-state index in [4.69, 9.17) is 0 Å². The molecule has 29 heavy (non-hydrogen) atoms. The molecule has 0 aliphatic heterocycles. The molecule has 2 aliphatic carbocycles. The third kappa shape index (κ3) is 8.49. The summed E-state index contributed by atoms with van der Waals surface area (Å²) in [7, 11) is 0. The van der Waals surface area contributed by atoms with Crippen LogP contribution in [-0.4, -0.2) is 3.21 Å². The molecule has 0 radical (unpaired) electrons. The summed E-state index contributed by atoms with van der Waals surface area (Å²) in [4.78, 5) is 0. The summed E-state index contributed by atoms with van der Waals surface area (Å²) >= 11 is 1.55. The Morgan fingerprint density at radius 2 is 1.55 bits per heavy atom. The molecule has 0 aromatic heterocycles. The molecule has 0 nitrogen and oxygen atoms in total. The van der Waals surface area contributed by atoms with Crippen LogP contribution in [0.25, 0.3) is 11.1 Å². The van der Waals surface area contributed by atoms with Gasteiger partial charge in [0.05, 0.1) is 0 Å². The first-order valence-electron chi connectivity index (χ1n) is 9.58. The maximum Gasteiger partial charge on any atom is -0.0253 e. The van der Waals surface area contributed by atoms with Crippen molar-refractivity contribution < 1.29 is 49.0 Å². The Kier molecular flexibility index (Phi) is 12.5. The fourth-order valence-electron chi connectivity index (χ4n) is 3.42. The minimum absolute atomic E-state index is 0. The maximum absolute atomic E-state index is 3.30. The average molecular weight is 505 g/mol. The first kappa shape index (κ1) is 28.3. The SMILES string of the molecule is CC1=[C-]CC=C1C(C)(C)C.C[C](C)=[Zr+2].[Cl-].[Cl-].[c-]1cccc2c1Cc1ccccc1-2. The Morgan fingerprint density at radius 3 is 2.07 bits per heavy atom. The van der Waals surface area contributed by atoms with E-state index in [9.17, 15) is 0 Å². The van der Waals surface area contributed by atoms with Crippen LogP contribution >= 0.6 is 0 Å². The molecule has 0 bridgehead atoms. The van der Waals surface area contributed by atoms with Gasteiger partial charge in [-0.3, -0.25) is 6.08 Å². The van der Waals surface area contributed by atoms with Crippen molar-refractivity contribution in [2.24, 2.45) is 5.41 Å². The zero-order valence-corrected chi connectivity index (χ0v) is 22.3. The first-order valence-corrected chi connectivity index (χ1v) is 10.8. The van der Waals surface area contributed by atoms with Crippen molar-refractivity contribution in [3.8, 4) is 11.1 Å². The van der Waals surface area contributed by atoms with E-state index in [2.05, 4.69) is 96.2 Å². The van der Waals surface area contributed by atoms with Crippen molar-refractivity contribution in [2.75, 3.05) is 0 Å². The van der Waals surface area contributed by atoms with Gasteiger partial charge in [-0.25, -0.2) is 5.57 Å². The smallest absolute Gasteiger partial charge is 0.0253 e. The monoisotopic (exact) mass is 502 g/mol. The normalized spacial score (nSPS) is 13.0. The van der Waals surface area contributed by atoms with E-state index in [1.54, 1.807) is 24.2 Å². The number of allylic oxidation sites excluding steroid dienone is 4. The second-order valence-electron chi connectivity index (χ2n) is 8.27. The number of hydrogen-bond acceptors (Lipinski definition) is 0. The molecule has 3 heteroatoms. The molecule has 0 saturated heterocycles. The second-order valence-corrected chi connectivity index (χ2v) is 10.7. The van der Waals surface area contributed by atoms with Crippen molar-refractivity contribution in [3.63, 3.8) is 0 Å². The van der Waals surface area contributed by atoms with E-state index in [1.165, 1.54) is 36.6 Å². The van der Waals surface area contributed by atoms with Gasteiger partial charge in [-0.1, -0.05) is 68.5 Å². The quantitative estimate of drug-likeness (QED) is 0.400. The van der Waals surface area contributed by atoms with Gasteiger partial charge in [0, 0.05) is 0 Å². The summed E-state index contributed by atoms with van der Waals surface area (Å²) < 4.78 is 1.51. The van der Waals surface area contributed by atoms with Gasteiger partial charge >= 0.3 is 41.3 Å². The van der Waals surface area contributed by atoms with Gasteiger partial charge in [-0.15, -0.1) is 12.0 Å². The van der Waals surface area contributed by atoms with Gasteiger partial charge in [0.1, 0.15) is 0 Å². The Morgan fingerprint density at radius 1 is 0.966 bits per heavy atom. The van der Waals surface area contributed by atoms with Gasteiger partial charge < -0.3 is 24.8 Å². The van der Waals surface area contributed by atoms with Gasteiger partial charge in [0.25, 0.3) is 0 Å². The van der Waals surface area contributed by atoms with Gasteiger partial charge in [-0.2, -0.15) is 41.5 Å². The Hall–Kier alpha value is -0.747. The Labute approximate surface area is 205 Å². The molecule has 0 fully saturated rings. The van der Waals surface area contributed by atoms with E-state index in [0.717, 1.165) is 12.8 Å². The van der Waals surface area contributed by atoms with Crippen LogP contribution in [0.3, 0.4) is 0 Å². The van der Waals surface area contributed by atoms with Crippen LogP contribution in [0.15, 0.2) is 59.7 Å². The van der Waals surface area contributed by atoms with Crippen LogP contribution in [0.1, 0.15) is 59.1 Å². The van der Waals surface area contributed by atoms with Crippen LogP contribution in [0.4, 0.5) is 0 Å². The first-order chi connectivity index (χ1) is 12.7. The molecule has 0 saturated carbocycles. The minimum atomic E-state index is 0. The molecule has 2 aromatic rings. The molecule has 0 atom stereocenters. The van der Waals surface area contributed by atoms with Crippen LogP contribution < -0.4 is 24.8 Å². The molecule has 0 spiro atoms. The van der Waals surface area contributed by atoms with Crippen molar-refractivity contribution in [3.05, 3.63) is 83.0 Å². The molecule has 154 valence electrons. The minimum Gasteiger partial charge on any atom is -1.00 e. The van der Waals surface area contributed by atoms with E-state index < -0.39 is 0 Å². The molecule has 0 N–H and O–H groups in total. The second kappa shape index (κ2) is 12.8. The molecule has 2 aromatic carbocycles. The topological polar surface area (TPSA) is 0 Å². The summed E-state index contributed by atoms with van der Waals surface area (Å²) in [6.07, 6.45) is 7.63. The Balaban J connectivity index is 0.000000443. The van der Waals surface area contributed by atoms with Gasteiger partial charge in [-0.05, 0) is 6.42 Å². The third-order valence-electron chi connectivity index (χ3n) is 4.50. The van der Waals surface area contributed by atoms with E-state index in [1.807, 2.05) is 6.07 Å². The summed E-state index contributed by atoms with van der Waals surface area (Å²) in [5.74, 6) is 0. The fourth-order valence-corrected chi connectivity index (χ4v) is 3.42. The molecular weight excluding hydrogens is 474 g/mol. The van der Waals surface area contributed by atoms with Crippen LogP contribution in [0.2, 0.25) is 0 Å². The largest absolute Gasteiger partial charge is 1.00 e. The summed E-state index contributed by atoms with van der Waals surface area (Å²) in [6.45, 7) is 13.1. The van der Waals surface area contributed by atoms with Crippen molar-refractivity contribution in [2.45, 2.75) is 54.4 Å². The predicted molar refractivity (Wildman–Crippen MR) is 114 cm³/mol. The summed E-state index contributed by atoms with van der Waals surface area (Å²) in [5.41, 5.74) is 8.63. The van der Waals surface area contributed by atoms with Crippen LogP contribution in [0, 0.1) is 17.6 Å².